The highest BCUT2D eigenvalue weighted by Gasteiger charge is 2.28. The standard InChI is InChI=1S/C12H26N2O/c1-3-7-14(8-4-2)11(10-13)12-6-5-9-15-12/h11-12H,3-10,13H2,1-2H3. The van der Waals surface area contributed by atoms with Crippen molar-refractivity contribution in [3.63, 3.8) is 0 Å². The Morgan fingerprint density at radius 3 is 2.40 bits per heavy atom. The SMILES string of the molecule is CCCN(CCC)C(CN)C1CCCO1. The molecule has 1 heterocycles. The topological polar surface area (TPSA) is 38.5 Å². The van der Waals surface area contributed by atoms with Crippen molar-refractivity contribution in [2.24, 2.45) is 5.73 Å². The third-order valence-corrected chi connectivity index (χ3v) is 3.13. The van der Waals surface area contributed by atoms with E-state index in [0.29, 0.717) is 12.1 Å². The van der Waals surface area contributed by atoms with Crippen LogP contribution in [0.15, 0.2) is 0 Å². The zero-order valence-electron chi connectivity index (χ0n) is 10.2. The molecule has 3 nitrogen and oxygen atoms in total. The molecule has 1 aliphatic rings. The van der Waals surface area contributed by atoms with Gasteiger partial charge < -0.3 is 10.5 Å². The maximum atomic E-state index is 5.89. The summed E-state index contributed by atoms with van der Waals surface area (Å²) in [5, 5.41) is 0. The summed E-state index contributed by atoms with van der Waals surface area (Å²) in [5.74, 6) is 0. The first kappa shape index (κ1) is 12.9. The molecule has 0 radical (unpaired) electrons. The van der Waals surface area contributed by atoms with Crippen LogP contribution in [-0.4, -0.2) is 43.3 Å². The zero-order valence-corrected chi connectivity index (χ0v) is 10.2. The first-order chi connectivity index (χ1) is 7.33. The molecule has 3 heteroatoms. The van der Waals surface area contributed by atoms with Gasteiger partial charge in [-0.05, 0) is 38.8 Å². The van der Waals surface area contributed by atoms with Gasteiger partial charge in [0.1, 0.15) is 0 Å². The van der Waals surface area contributed by atoms with Crippen molar-refractivity contribution in [2.45, 2.75) is 51.7 Å². The number of nitrogens with two attached hydrogens (primary N) is 1. The maximum absolute atomic E-state index is 5.89. The van der Waals surface area contributed by atoms with E-state index in [2.05, 4.69) is 18.7 Å². The van der Waals surface area contributed by atoms with Gasteiger partial charge in [0.2, 0.25) is 0 Å². The lowest BCUT2D eigenvalue weighted by Crippen LogP contribution is -2.48. The smallest absolute Gasteiger partial charge is 0.0743 e. The molecule has 0 spiro atoms. The van der Waals surface area contributed by atoms with Gasteiger partial charge in [0, 0.05) is 19.2 Å². The molecule has 0 aliphatic carbocycles. The zero-order chi connectivity index (χ0) is 11.1. The molecular weight excluding hydrogens is 188 g/mol. The van der Waals surface area contributed by atoms with Gasteiger partial charge in [0.15, 0.2) is 0 Å². The Balaban J connectivity index is 2.50. The van der Waals surface area contributed by atoms with Crippen molar-refractivity contribution in [2.75, 3.05) is 26.2 Å². The van der Waals surface area contributed by atoms with Crippen LogP contribution in [0.1, 0.15) is 39.5 Å². The van der Waals surface area contributed by atoms with Crippen molar-refractivity contribution in [1.29, 1.82) is 0 Å². The molecule has 2 unspecified atom stereocenters. The second kappa shape index (κ2) is 7.20. The largest absolute Gasteiger partial charge is 0.377 e. The minimum atomic E-state index is 0.382. The van der Waals surface area contributed by atoms with Crippen LogP contribution in [0, 0.1) is 0 Å². The third-order valence-electron chi connectivity index (χ3n) is 3.13. The van der Waals surface area contributed by atoms with Crippen LogP contribution in [0.25, 0.3) is 0 Å². The summed E-state index contributed by atoms with van der Waals surface area (Å²) in [6.07, 6.45) is 5.17. The van der Waals surface area contributed by atoms with Gasteiger partial charge in [-0.1, -0.05) is 13.8 Å². The summed E-state index contributed by atoms with van der Waals surface area (Å²) in [4.78, 5) is 2.51. The Hall–Kier alpha value is -0.120. The maximum Gasteiger partial charge on any atom is 0.0743 e. The number of ether oxygens (including phenoxy) is 1. The summed E-state index contributed by atoms with van der Waals surface area (Å²) in [6, 6.07) is 0.437. The Morgan fingerprint density at radius 1 is 1.33 bits per heavy atom. The van der Waals surface area contributed by atoms with Crippen LogP contribution in [0.4, 0.5) is 0 Å². The van der Waals surface area contributed by atoms with Crippen molar-refractivity contribution < 1.29 is 4.74 Å². The summed E-state index contributed by atoms with van der Waals surface area (Å²) < 4.78 is 5.76. The summed E-state index contributed by atoms with van der Waals surface area (Å²) in [6.45, 7) is 8.40. The predicted octanol–water partition coefficient (Wildman–Crippen LogP) is 1.61. The van der Waals surface area contributed by atoms with Crippen molar-refractivity contribution in [1.82, 2.24) is 4.90 Å². The monoisotopic (exact) mass is 214 g/mol. The van der Waals surface area contributed by atoms with Crippen molar-refractivity contribution >= 4 is 0 Å². The molecule has 1 fully saturated rings. The molecule has 0 aromatic carbocycles. The lowest BCUT2D eigenvalue weighted by Gasteiger charge is -2.34. The van der Waals surface area contributed by atoms with Crippen molar-refractivity contribution in [3.8, 4) is 0 Å². The van der Waals surface area contributed by atoms with E-state index in [0.717, 1.165) is 26.2 Å². The second-order valence-corrected chi connectivity index (χ2v) is 4.39. The molecule has 1 aliphatic heterocycles. The fourth-order valence-corrected chi connectivity index (χ4v) is 2.46. The van der Waals surface area contributed by atoms with Gasteiger partial charge in [0.05, 0.1) is 6.10 Å². The van der Waals surface area contributed by atoms with E-state index in [1.165, 1.54) is 25.7 Å². The van der Waals surface area contributed by atoms with Gasteiger partial charge in [-0.15, -0.1) is 0 Å². The molecule has 1 rings (SSSR count). The highest BCUT2D eigenvalue weighted by molar-refractivity contribution is 4.83. The van der Waals surface area contributed by atoms with Gasteiger partial charge in [-0.3, -0.25) is 4.90 Å². The average Bonchev–Trinajstić information content (AvgIpc) is 2.73. The Kier molecular flexibility index (Phi) is 6.22. The van der Waals surface area contributed by atoms with Crippen molar-refractivity contribution in [3.05, 3.63) is 0 Å². The molecule has 0 amide bonds. The van der Waals surface area contributed by atoms with Crippen LogP contribution in [-0.2, 0) is 4.74 Å². The molecule has 15 heavy (non-hydrogen) atoms. The Morgan fingerprint density at radius 2 is 2.00 bits per heavy atom. The Labute approximate surface area is 94.0 Å². The summed E-state index contributed by atoms with van der Waals surface area (Å²) in [7, 11) is 0. The van der Waals surface area contributed by atoms with E-state index in [1.54, 1.807) is 0 Å². The van der Waals surface area contributed by atoms with Crippen LogP contribution in [0.3, 0.4) is 0 Å². The fraction of sp³-hybridized carbons (Fsp3) is 1.00. The first-order valence-corrected chi connectivity index (χ1v) is 6.39. The predicted molar refractivity (Wildman–Crippen MR) is 64.0 cm³/mol. The van der Waals surface area contributed by atoms with Gasteiger partial charge in [-0.2, -0.15) is 0 Å². The molecule has 0 aromatic heterocycles. The van der Waals surface area contributed by atoms with E-state index in [1.807, 2.05) is 0 Å². The Bertz CT molecular complexity index is 152. The fourth-order valence-electron chi connectivity index (χ4n) is 2.46. The molecule has 0 aromatic rings. The highest BCUT2D eigenvalue weighted by Crippen LogP contribution is 2.19. The number of hydrogen-bond acceptors (Lipinski definition) is 3. The van der Waals surface area contributed by atoms with Gasteiger partial charge in [-0.25, -0.2) is 0 Å². The average molecular weight is 214 g/mol. The van der Waals surface area contributed by atoms with E-state index in [4.69, 9.17) is 10.5 Å². The summed E-state index contributed by atoms with van der Waals surface area (Å²) in [5.41, 5.74) is 5.89. The highest BCUT2D eigenvalue weighted by atomic mass is 16.5. The molecule has 1 saturated heterocycles. The van der Waals surface area contributed by atoms with Crippen LogP contribution in [0.2, 0.25) is 0 Å². The molecule has 2 atom stereocenters. The normalized spacial score (nSPS) is 23.6. The molecule has 0 saturated carbocycles. The number of rotatable bonds is 7. The quantitative estimate of drug-likeness (QED) is 0.700. The lowest BCUT2D eigenvalue weighted by atomic mass is 10.1. The minimum absolute atomic E-state index is 0.382. The molecule has 2 N–H and O–H groups in total. The van der Waals surface area contributed by atoms with Gasteiger partial charge >= 0.3 is 0 Å². The van der Waals surface area contributed by atoms with Crippen LogP contribution in [0.5, 0.6) is 0 Å². The van der Waals surface area contributed by atoms with Crippen LogP contribution < -0.4 is 5.73 Å². The van der Waals surface area contributed by atoms with Crippen LogP contribution >= 0.6 is 0 Å². The van der Waals surface area contributed by atoms with Gasteiger partial charge in [0.25, 0.3) is 0 Å². The molecule has 0 bridgehead atoms. The van der Waals surface area contributed by atoms with E-state index < -0.39 is 0 Å². The molecular formula is C12H26N2O. The lowest BCUT2D eigenvalue weighted by molar-refractivity contribution is 0.0270. The number of hydrogen-bond donors (Lipinski definition) is 1. The van der Waals surface area contributed by atoms with E-state index >= 15 is 0 Å². The second-order valence-electron chi connectivity index (χ2n) is 4.39. The molecule has 90 valence electrons. The minimum Gasteiger partial charge on any atom is -0.377 e. The third kappa shape index (κ3) is 3.74. The first-order valence-electron chi connectivity index (χ1n) is 6.39. The number of nitrogens with zero attached hydrogens (tertiary/aromatic N) is 1. The van der Waals surface area contributed by atoms with E-state index in [9.17, 15) is 0 Å². The van der Waals surface area contributed by atoms with E-state index in [-0.39, 0.29) is 0 Å². The summed E-state index contributed by atoms with van der Waals surface area (Å²) >= 11 is 0.